The van der Waals surface area contributed by atoms with Crippen molar-refractivity contribution in [1.82, 2.24) is 10.2 Å². The maximum atomic E-state index is 13.6. The van der Waals surface area contributed by atoms with Gasteiger partial charge in [0.15, 0.2) is 5.41 Å². The number of fused-ring (bicyclic) bond motifs is 4. The summed E-state index contributed by atoms with van der Waals surface area (Å²) in [5.41, 5.74) is -0.120. The largest absolute Gasteiger partial charge is 0.377 e. The summed E-state index contributed by atoms with van der Waals surface area (Å²) in [5, 5.41) is 2.44. The lowest BCUT2D eigenvalue weighted by Gasteiger charge is -2.54. The number of hydrogen-bond acceptors (Lipinski definition) is 5. The Hall–Kier alpha value is -2.41. The zero-order valence-electron chi connectivity index (χ0n) is 15.2. The Kier molecular flexibility index (Phi) is 3.63. The average Bonchev–Trinajstić information content (AvgIpc) is 2.58. The van der Waals surface area contributed by atoms with Gasteiger partial charge in [-0.1, -0.05) is 18.2 Å². The smallest absolute Gasteiger partial charge is 0.331 e. The van der Waals surface area contributed by atoms with Crippen LogP contribution in [0, 0.1) is 5.41 Å². The Morgan fingerprint density at radius 1 is 1.19 bits per heavy atom. The zero-order valence-corrected chi connectivity index (χ0v) is 15.2. The Balaban J connectivity index is 1.89. The number of nitrogens with one attached hydrogen (secondary N) is 1. The van der Waals surface area contributed by atoms with E-state index in [0.717, 1.165) is 11.3 Å². The minimum atomic E-state index is -1.37. The van der Waals surface area contributed by atoms with Crippen molar-refractivity contribution in [3.8, 4) is 0 Å². The summed E-state index contributed by atoms with van der Waals surface area (Å²) in [7, 11) is 0. The predicted octanol–water partition coefficient (Wildman–Crippen LogP) is 1.31. The van der Waals surface area contributed by atoms with Gasteiger partial charge in [0.1, 0.15) is 0 Å². The summed E-state index contributed by atoms with van der Waals surface area (Å²) in [6.45, 7) is 6.80. The zero-order chi connectivity index (χ0) is 18.7. The van der Waals surface area contributed by atoms with Crippen LogP contribution in [0.5, 0.6) is 0 Å². The molecule has 7 nitrogen and oxygen atoms in total. The number of morpholine rings is 1. The van der Waals surface area contributed by atoms with Gasteiger partial charge in [0.05, 0.1) is 19.3 Å². The van der Waals surface area contributed by atoms with Crippen molar-refractivity contribution >= 4 is 23.5 Å². The van der Waals surface area contributed by atoms with Crippen molar-refractivity contribution < 1.29 is 19.1 Å². The van der Waals surface area contributed by atoms with Crippen LogP contribution in [0.4, 0.5) is 10.5 Å². The minimum absolute atomic E-state index is 0.262. The third-order valence-corrected chi connectivity index (χ3v) is 5.55. The van der Waals surface area contributed by atoms with E-state index < -0.39 is 34.8 Å². The van der Waals surface area contributed by atoms with Gasteiger partial charge in [-0.25, -0.2) is 4.79 Å². The molecule has 1 aromatic rings. The van der Waals surface area contributed by atoms with E-state index in [9.17, 15) is 14.4 Å². The number of benzene rings is 1. The third-order valence-electron chi connectivity index (χ3n) is 5.55. The highest BCUT2D eigenvalue weighted by atomic mass is 16.5. The van der Waals surface area contributed by atoms with Crippen molar-refractivity contribution in [2.45, 2.75) is 38.8 Å². The van der Waals surface area contributed by atoms with Crippen LogP contribution in [0.2, 0.25) is 0 Å². The molecule has 3 heterocycles. The fraction of sp³-hybridized carbons (Fsp3) is 0.526. The van der Waals surface area contributed by atoms with E-state index in [1.807, 2.05) is 24.3 Å². The lowest BCUT2D eigenvalue weighted by atomic mass is 9.68. The van der Waals surface area contributed by atoms with Crippen LogP contribution in [0.25, 0.3) is 0 Å². The fourth-order valence-corrected chi connectivity index (χ4v) is 4.37. The average molecular weight is 357 g/mol. The predicted molar refractivity (Wildman–Crippen MR) is 94.7 cm³/mol. The summed E-state index contributed by atoms with van der Waals surface area (Å²) >= 11 is 0. The number of carbonyl (C=O) groups excluding carboxylic acids is 3. The molecule has 0 aliphatic carbocycles. The topological polar surface area (TPSA) is 79.0 Å². The first kappa shape index (κ1) is 17.0. The monoisotopic (exact) mass is 357 g/mol. The number of ether oxygens (including phenoxy) is 1. The summed E-state index contributed by atoms with van der Waals surface area (Å²) in [5.74, 6) is -0.961. The molecule has 0 aromatic heterocycles. The number of imide groups is 2. The summed E-state index contributed by atoms with van der Waals surface area (Å²) in [4.78, 5) is 42.4. The number of hydrogen-bond donors (Lipinski definition) is 1. The van der Waals surface area contributed by atoms with Crippen molar-refractivity contribution in [2.24, 2.45) is 5.41 Å². The van der Waals surface area contributed by atoms with Crippen LogP contribution in [0.1, 0.15) is 26.3 Å². The van der Waals surface area contributed by atoms with E-state index in [4.69, 9.17) is 4.74 Å². The van der Waals surface area contributed by atoms with E-state index in [-0.39, 0.29) is 13.0 Å². The van der Waals surface area contributed by atoms with E-state index in [1.54, 1.807) is 20.8 Å². The molecule has 0 bridgehead atoms. The maximum absolute atomic E-state index is 13.6. The van der Waals surface area contributed by atoms with Gasteiger partial charge in [-0.05, 0) is 38.8 Å². The first-order valence-electron chi connectivity index (χ1n) is 8.89. The summed E-state index contributed by atoms with van der Waals surface area (Å²) in [6.07, 6.45) is 0.262. The number of anilines is 1. The normalized spacial score (nSPS) is 28.7. The van der Waals surface area contributed by atoms with Gasteiger partial charge in [0.2, 0.25) is 11.8 Å². The lowest BCUT2D eigenvalue weighted by molar-refractivity contribution is -0.159. The van der Waals surface area contributed by atoms with Gasteiger partial charge >= 0.3 is 6.03 Å². The molecule has 26 heavy (non-hydrogen) atoms. The standard InChI is InChI=1S/C19H23N3O4/c1-18(2,3)22-16(24)19(15(23)20-17(22)25)10-12-6-4-5-7-13(12)21-8-9-26-11-14(19)21/h4-7,14H,8-11H2,1-3H3,(H,20,23,25). The first-order chi connectivity index (χ1) is 12.3. The van der Waals surface area contributed by atoms with Crippen molar-refractivity contribution in [1.29, 1.82) is 0 Å². The molecule has 1 N–H and O–H groups in total. The molecule has 7 heteroatoms. The molecule has 2 unspecified atom stereocenters. The molecule has 0 saturated carbocycles. The van der Waals surface area contributed by atoms with Gasteiger partial charge in [-0.3, -0.25) is 19.8 Å². The van der Waals surface area contributed by atoms with E-state index >= 15 is 0 Å². The van der Waals surface area contributed by atoms with Crippen LogP contribution in [0.15, 0.2) is 24.3 Å². The molecule has 3 aliphatic rings. The van der Waals surface area contributed by atoms with Crippen LogP contribution in [-0.4, -0.2) is 54.1 Å². The lowest BCUT2D eigenvalue weighted by Crippen LogP contribution is -2.75. The molecule has 2 atom stereocenters. The van der Waals surface area contributed by atoms with E-state index in [2.05, 4.69) is 10.2 Å². The first-order valence-corrected chi connectivity index (χ1v) is 8.89. The Labute approximate surface area is 152 Å². The van der Waals surface area contributed by atoms with E-state index in [0.29, 0.717) is 13.2 Å². The number of nitrogens with zero attached hydrogens (tertiary/aromatic N) is 2. The molecule has 4 rings (SSSR count). The second-order valence-electron chi connectivity index (χ2n) is 8.13. The van der Waals surface area contributed by atoms with Crippen LogP contribution >= 0.6 is 0 Å². The van der Waals surface area contributed by atoms with Gasteiger partial charge in [-0.15, -0.1) is 0 Å². The molecule has 138 valence electrons. The molecule has 1 aromatic carbocycles. The van der Waals surface area contributed by atoms with Crippen LogP contribution in [-0.2, 0) is 20.7 Å². The van der Waals surface area contributed by atoms with Crippen LogP contribution < -0.4 is 10.2 Å². The molecule has 3 aliphatic heterocycles. The number of para-hydroxylation sites is 1. The maximum Gasteiger partial charge on any atom is 0.331 e. The molecule has 1 spiro atoms. The van der Waals surface area contributed by atoms with Crippen molar-refractivity contribution in [3.63, 3.8) is 0 Å². The number of rotatable bonds is 0. The fourth-order valence-electron chi connectivity index (χ4n) is 4.37. The van der Waals surface area contributed by atoms with Gasteiger partial charge in [0, 0.05) is 17.8 Å². The second kappa shape index (κ2) is 5.54. The third kappa shape index (κ3) is 2.19. The van der Waals surface area contributed by atoms with Gasteiger partial charge < -0.3 is 9.64 Å². The highest BCUT2D eigenvalue weighted by Gasteiger charge is 2.63. The second-order valence-corrected chi connectivity index (χ2v) is 8.13. The quantitative estimate of drug-likeness (QED) is 0.709. The summed E-state index contributed by atoms with van der Waals surface area (Å²) in [6, 6.07) is 6.74. The molecule has 2 saturated heterocycles. The number of urea groups is 1. The van der Waals surface area contributed by atoms with Gasteiger partial charge in [-0.2, -0.15) is 0 Å². The SMILES string of the molecule is CC(C)(C)N1C(=O)NC(=O)C2(Cc3ccccc3N3CCOCC32)C1=O. The van der Waals surface area contributed by atoms with Crippen molar-refractivity contribution in [2.75, 3.05) is 24.7 Å². The van der Waals surface area contributed by atoms with Crippen molar-refractivity contribution in [3.05, 3.63) is 29.8 Å². The van der Waals surface area contributed by atoms with Gasteiger partial charge in [0.25, 0.3) is 0 Å². The number of amides is 4. The Morgan fingerprint density at radius 3 is 2.65 bits per heavy atom. The molecular weight excluding hydrogens is 334 g/mol. The minimum Gasteiger partial charge on any atom is -0.377 e. The number of carbonyl (C=O) groups is 3. The van der Waals surface area contributed by atoms with Crippen LogP contribution in [0.3, 0.4) is 0 Å². The number of barbiturate groups is 1. The van der Waals surface area contributed by atoms with E-state index in [1.165, 1.54) is 4.90 Å². The summed E-state index contributed by atoms with van der Waals surface area (Å²) < 4.78 is 5.65. The molecule has 4 amide bonds. The molecular formula is C19H23N3O4. The molecule has 0 radical (unpaired) electrons. The highest BCUT2D eigenvalue weighted by molar-refractivity contribution is 6.20. The molecule has 2 fully saturated rings. The Morgan fingerprint density at radius 2 is 1.92 bits per heavy atom. The Bertz CT molecular complexity index is 800. The highest BCUT2D eigenvalue weighted by Crippen LogP contribution is 2.46.